The van der Waals surface area contributed by atoms with Gasteiger partial charge in [0.15, 0.2) is 0 Å². The van der Waals surface area contributed by atoms with Gasteiger partial charge in [-0.2, -0.15) is 0 Å². The average Bonchev–Trinajstić information content (AvgIpc) is 3.59. The number of ether oxygens (including phenoxy) is 2. The van der Waals surface area contributed by atoms with Crippen molar-refractivity contribution in [3.05, 3.63) is 142 Å². The Bertz CT molecular complexity index is 1830. The van der Waals surface area contributed by atoms with Crippen LogP contribution < -0.4 is 14.4 Å². The topological polar surface area (TPSA) is 102 Å². The van der Waals surface area contributed by atoms with Crippen molar-refractivity contribution in [3.63, 3.8) is 0 Å². The molecule has 2 heterocycles. The summed E-state index contributed by atoms with van der Waals surface area (Å²) in [5, 5.41) is 20.6. The van der Waals surface area contributed by atoms with Crippen LogP contribution in [0.4, 0.5) is 5.13 Å². The van der Waals surface area contributed by atoms with E-state index in [1.807, 2.05) is 55.5 Å². The van der Waals surface area contributed by atoms with Crippen molar-refractivity contribution in [3.8, 4) is 11.5 Å². The second-order valence-electron chi connectivity index (χ2n) is 10.4. The molecule has 0 aliphatic carbocycles. The second-order valence-corrected chi connectivity index (χ2v) is 11.6. The third-order valence-electron chi connectivity index (χ3n) is 7.23. The van der Waals surface area contributed by atoms with Crippen molar-refractivity contribution < 1.29 is 24.2 Å². The lowest BCUT2D eigenvalue weighted by Crippen LogP contribution is -2.29. The van der Waals surface area contributed by atoms with E-state index in [0.29, 0.717) is 40.8 Å². The van der Waals surface area contributed by atoms with Crippen LogP contribution in [-0.2, 0) is 22.8 Å². The number of Topliss-reactive ketones (excluding diaryl/α,β-unsaturated/α-hetero) is 1. The highest BCUT2D eigenvalue weighted by Crippen LogP contribution is 2.43. The van der Waals surface area contributed by atoms with Gasteiger partial charge in [-0.15, -0.1) is 10.2 Å². The number of aliphatic hydroxyl groups is 1. The van der Waals surface area contributed by atoms with E-state index in [9.17, 15) is 14.7 Å². The minimum atomic E-state index is -0.914. The minimum absolute atomic E-state index is 0.0331. The fourth-order valence-electron chi connectivity index (χ4n) is 5.05. The molecule has 6 rings (SSSR count). The van der Waals surface area contributed by atoms with Gasteiger partial charge >= 0.3 is 5.91 Å². The van der Waals surface area contributed by atoms with E-state index in [1.54, 1.807) is 55.5 Å². The van der Waals surface area contributed by atoms with Crippen molar-refractivity contribution >= 4 is 33.9 Å². The molecule has 4 aromatic carbocycles. The van der Waals surface area contributed by atoms with Crippen molar-refractivity contribution in [1.29, 1.82) is 0 Å². The van der Waals surface area contributed by atoms with Gasteiger partial charge in [-0.1, -0.05) is 83.6 Å². The number of aliphatic hydroxyl groups excluding tert-OH is 1. The van der Waals surface area contributed by atoms with Crippen LogP contribution in [0.15, 0.2) is 109 Å². The Hall–Kier alpha value is -5.28. The quantitative estimate of drug-likeness (QED) is 0.111. The molecule has 44 heavy (non-hydrogen) atoms. The number of benzene rings is 4. The summed E-state index contributed by atoms with van der Waals surface area (Å²) in [4.78, 5) is 28.2. The first-order valence-electron chi connectivity index (χ1n) is 14.0. The molecule has 1 fully saturated rings. The molecular weight excluding hydrogens is 574 g/mol. The summed E-state index contributed by atoms with van der Waals surface area (Å²) < 4.78 is 11.9. The lowest BCUT2D eigenvalue weighted by molar-refractivity contribution is -0.132. The Morgan fingerprint density at radius 1 is 0.795 bits per heavy atom. The van der Waals surface area contributed by atoms with Gasteiger partial charge < -0.3 is 14.6 Å². The van der Waals surface area contributed by atoms with Gasteiger partial charge in [-0.25, -0.2) is 0 Å². The lowest BCUT2D eigenvalue weighted by Gasteiger charge is -2.22. The second kappa shape index (κ2) is 12.5. The lowest BCUT2D eigenvalue weighted by atomic mass is 9.95. The molecule has 9 heteroatoms. The van der Waals surface area contributed by atoms with Crippen LogP contribution >= 0.6 is 11.3 Å². The zero-order valence-corrected chi connectivity index (χ0v) is 25.0. The number of aromatic nitrogens is 2. The molecule has 1 aliphatic rings. The van der Waals surface area contributed by atoms with Crippen LogP contribution in [0.3, 0.4) is 0 Å². The number of hydrogen-bond acceptors (Lipinski definition) is 8. The van der Waals surface area contributed by atoms with E-state index in [2.05, 4.69) is 16.3 Å². The number of carbonyl (C=O) groups excluding carboxylic acids is 2. The summed E-state index contributed by atoms with van der Waals surface area (Å²) in [5.74, 6) is -0.635. The van der Waals surface area contributed by atoms with Crippen LogP contribution in [0.5, 0.6) is 11.5 Å². The highest BCUT2D eigenvalue weighted by atomic mass is 32.1. The maximum atomic E-state index is 13.5. The first-order chi connectivity index (χ1) is 21.4. The zero-order valence-electron chi connectivity index (χ0n) is 24.1. The minimum Gasteiger partial charge on any atom is -0.507 e. The summed E-state index contributed by atoms with van der Waals surface area (Å²) in [7, 11) is 0. The molecule has 1 atom stereocenters. The van der Waals surface area contributed by atoms with E-state index < -0.39 is 17.7 Å². The molecule has 220 valence electrons. The van der Waals surface area contributed by atoms with Gasteiger partial charge in [0.2, 0.25) is 5.13 Å². The summed E-state index contributed by atoms with van der Waals surface area (Å²) in [6.45, 7) is 4.59. The molecule has 1 N–H and O–H groups in total. The maximum Gasteiger partial charge on any atom is 0.301 e. The van der Waals surface area contributed by atoms with Crippen molar-refractivity contribution in [2.75, 3.05) is 4.90 Å². The molecule has 0 radical (unpaired) electrons. The van der Waals surface area contributed by atoms with Crippen LogP contribution in [-0.4, -0.2) is 27.0 Å². The fraction of sp³-hybridized carbons (Fsp3) is 0.143. The Balaban J connectivity index is 1.30. The van der Waals surface area contributed by atoms with Crippen molar-refractivity contribution in [2.45, 2.75) is 33.1 Å². The normalized spacial score (nSPS) is 15.9. The van der Waals surface area contributed by atoms with E-state index >= 15 is 0 Å². The van der Waals surface area contributed by atoms with Crippen LogP contribution in [0.1, 0.15) is 38.9 Å². The van der Waals surface area contributed by atoms with E-state index in [0.717, 1.165) is 16.7 Å². The smallest absolute Gasteiger partial charge is 0.301 e. The summed E-state index contributed by atoms with van der Waals surface area (Å²) in [6, 6.07) is 30.9. The number of aryl methyl sites for hydroxylation is 2. The predicted molar refractivity (Wildman–Crippen MR) is 169 cm³/mol. The summed E-state index contributed by atoms with van der Waals surface area (Å²) >= 11 is 1.20. The largest absolute Gasteiger partial charge is 0.507 e. The average molecular weight is 604 g/mol. The Morgan fingerprint density at radius 2 is 1.43 bits per heavy atom. The van der Waals surface area contributed by atoms with Gasteiger partial charge in [0, 0.05) is 5.56 Å². The molecule has 5 aromatic rings. The van der Waals surface area contributed by atoms with Gasteiger partial charge in [0.05, 0.1) is 11.6 Å². The molecule has 8 nitrogen and oxygen atoms in total. The number of nitrogens with zero attached hydrogens (tertiary/aromatic N) is 3. The van der Waals surface area contributed by atoms with Crippen LogP contribution in [0.2, 0.25) is 0 Å². The summed E-state index contributed by atoms with van der Waals surface area (Å²) in [5.41, 5.74) is 4.18. The standard InChI is InChI=1S/C35H29N3O5S/c1-22-7-6-10-25(19-22)21-43-29-17-13-27(14-18-29)32(39)30-31(38(34(41)33(30)40)35-37-36-23(2)44-35)26-11-15-28(16-12-26)42-20-24-8-4-3-5-9-24/h3-19,31,39H,20-21H2,1-2H3/b32-30+. The molecule has 1 aliphatic heterocycles. The number of anilines is 1. The number of amides is 1. The fourth-order valence-corrected chi connectivity index (χ4v) is 5.76. The molecule has 1 unspecified atom stereocenters. The molecule has 0 bridgehead atoms. The number of carbonyl (C=O) groups is 2. The van der Waals surface area contributed by atoms with E-state index in [-0.39, 0.29) is 16.5 Å². The van der Waals surface area contributed by atoms with E-state index in [4.69, 9.17) is 9.47 Å². The first kappa shape index (κ1) is 28.8. The first-order valence-corrected chi connectivity index (χ1v) is 14.9. The van der Waals surface area contributed by atoms with Gasteiger partial charge in [0.25, 0.3) is 5.78 Å². The van der Waals surface area contributed by atoms with Gasteiger partial charge in [0.1, 0.15) is 35.5 Å². The zero-order chi connectivity index (χ0) is 30.6. The molecule has 1 amide bonds. The Labute approximate surface area is 258 Å². The third-order valence-corrected chi connectivity index (χ3v) is 8.06. The molecule has 1 saturated heterocycles. The van der Waals surface area contributed by atoms with Gasteiger partial charge in [-0.05, 0) is 66.9 Å². The number of ketones is 1. The predicted octanol–water partition coefficient (Wildman–Crippen LogP) is 6.94. The number of rotatable bonds is 9. The Morgan fingerprint density at radius 3 is 2.07 bits per heavy atom. The molecule has 1 aromatic heterocycles. The highest BCUT2D eigenvalue weighted by Gasteiger charge is 2.48. The van der Waals surface area contributed by atoms with E-state index in [1.165, 1.54) is 16.2 Å². The number of hydrogen-bond donors (Lipinski definition) is 1. The van der Waals surface area contributed by atoms with Crippen LogP contribution in [0.25, 0.3) is 5.76 Å². The highest BCUT2D eigenvalue weighted by molar-refractivity contribution is 7.15. The molecular formula is C35H29N3O5S. The maximum absolute atomic E-state index is 13.5. The molecule has 0 spiro atoms. The summed E-state index contributed by atoms with van der Waals surface area (Å²) in [6.07, 6.45) is 0. The SMILES string of the molecule is Cc1cccc(COc2ccc(/C(O)=C3\C(=O)C(=O)N(c4nnc(C)s4)C3c3ccc(OCc4ccccc4)cc3)cc2)c1. The monoisotopic (exact) mass is 603 g/mol. The third kappa shape index (κ3) is 6.09. The van der Waals surface area contributed by atoms with Crippen molar-refractivity contribution in [2.24, 2.45) is 0 Å². The van der Waals surface area contributed by atoms with Crippen LogP contribution in [0, 0.1) is 13.8 Å². The van der Waals surface area contributed by atoms with Gasteiger partial charge in [-0.3, -0.25) is 14.5 Å². The van der Waals surface area contributed by atoms with Crippen molar-refractivity contribution in [1.82, 2.24) is 10.2 Å². The Kier molecular flexibility index (Phi) is 8.21. The molecule has 0 saturated carbocycles.